The van der Waals surface area contributed by atoms with E-state index in [2.05, 4.69) is 15.3 Å². The molecule has 2 aromatic heterocycles. The summed E-state index contributed by atoms with van der Waals surface area (Å²) in [6, 6.07) is 14.6. The summed E-state index contributed by atoms with van der Waals surface area (Å²) in [7, 11) is 1.87. The Kier molecular flexibility index (Phi) is 6.10. The molecule has 0 radical (unpaired) electrons. The van der Waals surface area contributed by atoms with E-state index < -0.39 is 5.97 Å². The van der Waals surface area contributed by atoms with Crippen molar-refractivity contribution in [2.75, 3.05) is 11.1 Å². The highest BCUT2D eigenvalue weighted by Crippen LogP contribution is 2.23. The maximum atomic E-state index is 12.6. The van der Waals surface area contributed by atoms with Crippen molar-refractivity contribution < 1.29 is 14.3 Å². The molecule has 0 aliphatic rings. The Balaban J connectivity index is 1.38. The third kappa shape index (κ3) is 4.69. The first kappa shape index (κ1) is 20.1. The van der Waals surface area contributed by atoms with E-state index in [4.69, 9.17) is 4.74 Å². The number of nitrogens with one attached hydrogen (secondary N) is 1. The second-order valence-corrected chi connectivity index (χ2v) is 8.41. The molecule has 0 unspecified atom stereocenters. The number of aryl methyl sites for hydroxylation is 1. The predicted octanol–water partition coefficient (Wildman–Crippen LogP) is 4.12. The van der Waals surface area contributed by atoms with Gasteiger partial charge >= 0.3 is 5.97 Å². The standard InChI is InChI=1S/C21H18N4O3S2/c1-25-11-10-22-21(25)29-13-18(26)23-15-7-3-2-6-14(15)20(27)28-12-19-24-16-8-4-5-9-17(16)30-19/h2-11H,12-13H2,1H3,(H,23,26). The molecule has 0 saturated heterocycles. The topological polar surface area (TPSA) is 86.1 Å². The number of hydrogen-bond acceptors (Lipinski definition) is 7. The van der Waals surface area contributed by atoms with Crippen LogP contribution in [0.15, 0.2) is 66.1 Å². The molecule has 0 aliphatic carbocycles. The Labute approximate surface area is 181 Å². The highest BCUT2D eigenvalue weighted by Gasteiger charge is 2.16. The monoisotopic (exact) mass is 438 g/mol. The number of thioether (sulfide) groups is 1. The van der Waals surface area contributed by atoms with Gasteiger partial charge in [0.15, 0.2) is 5.16 Å². The Bertz CT molecular complexity index is 1170. The highest BCUT2D eigenvalue weighted by atomic mass is 32.2. The van der Waals surface area contributed by atoms with Gasteiger partial charge in [0.25, 0.3) is 0 Å². The highest BCUT2D eigenvalue weighted by molar-refractivity contribution is 7.99. The van der Waals surface area contributed by atoms with E-state index in [0.29, 0.717) is 11.3 Å². The summed E-state index contributed by atoms with van der Waals surface area (Å²) >= 11 is 2.81. The summed E-state index contributed by atoms with van der Waals surface area (Å²) in [4.78, 5) is 33.6. The van der Waals surface area contributed by atoms with Gasteiger partial charge in [-0.1, -0.05) is 36.0 Å². The van der Waals surface area contributed by atoms with Gasteiger partial charge in [0.1, 0.15) is 11.6 Å². The number of hydrogen-bond donors (Lipinski definition) is 1. The lowest BCUT2D eigenvalue weighted by Gasteiger charge is -2.10. The van der Waals surface area contributed by atoms with Gasteiger partial charge in [0.05, 0.1) is 27.2 Å². The number of benzene rings is 2. The lowest BCUT2D eigenvalue weighted by molar-refractivity contribution is -0.113. The minimum Gasteiger partial charge on any atom is -0.455 e. The van der Waals surface area contributed by atoms with E-state index in [9.17, 15) is 9.59 Å². The number of fused-ring (bicyclic) bond motifs is 1. The number of carbonyl (C=O) groups excluding carboxylic acids is 2. The molecule has 4 aromatic rings. The molecule has 0 fully saturated rings. The van der Waals surface area contributed by atoms with Crippen LogP contribution in [0.3, 0.4) is 0 Å². The molecule has 0 spiro atoms. The largest absolute Gasteiger partial charge is 0.455 e. The Hall–Kier alpha value is -3.17. The van der Waals surface area contributed by atoms with Gasteiger partial charge in [-0.3, -0.25) is 4.79 Å². The lowest BCUT2D eigenvalue weighted by Crippen LogP contribution is -2.17. The Morgan fingerprint density at radius 3 is 2.77 bits per heavy atom. The number of ether oxygens (including phenoxy) is 1. The molecule has 152 valence electrons. The molecule has 4 rings (SSSR count). The van der Waals surface area contributed by atoms with E-state index in [0.717, 1.165) is 20.4 Å². The Morgan fingerprint density at radius 2 is 1.97 bits per heavy atom. The number of imidazole rings is 1. The van der Waals surface area contributed by atoms with Gasteiger partial charge in [0.2, 0.25) is 5.91 Å². The van der Waals surface area contributed by atoms with Crippen molar-refractivity contribution in [3.05, 3.63) is 71.5 Å². The maximum Gasteiger partial charge on any atom is 0.340 e. The van der Waals surface area contributed by atoms with Crippen molar-refractivity contribution >= 4 is 50.9 Å². The van der Waals surface area contributed by atoms with Gasteiger partial charge in [-0.15, -0.1) is 11.3 Å². The molecule has 30 heavy (non-hydrogen) atoms. The zero-order valence-electron chi connectivity index (χ0n) is 16.1. The van der Waals surface area contributed by atoms with Crippen LogP contribution in [-0.2, 0) is 23.2 Å². The molecular formula is C21H18N4O3S2. The molecular weight excluding hydrogens is 420 g/mol. The minimum absolute atomic E-state index is 0.0788. The van der Waals surface area contributed by atoms with Crippen LogP contribution in [0.25, 0.3) is 10.2 Å². The number of aromatic nitrogens is 3. The molecule has 0 saturated carbocycles. The van der Waals surface area contributed by atoms with Crippen LogP contribution >= 0.6 is 23.1 Å². The number of anilines is 1. The molecule has 9 heteroatoms. The van der Waals surface area contributed by atoms with Crippen molar-refractivity contribution in [1.29, 1.82) is 0 Å². The third-order valence-electron chi connectivity index (χ3n) is 4.20. The van der Waals surface area contributed by atoms with Crippen LogP contribution in [-0.4, -0.2) is 32.2 Å². The lowest BCUT2D eigenvalue weighted by atomic mass is 10.2. The molecule has 2 aromatic carbocycles. The van der Waals surface area contributed by atoms with Gasteiger partial charge in [0, 0.05) is 19.4 Å². The first-order valence-electron chi connectivity index (χ1n) is 9.11. The molecule has 2 heterocycles. The van der Waals surface area contributed by atoms with Crippen molar-refractivity contribution in [3.8, 4) is 0 Å². The fourth-order valence-corrected chi connectivity index (χ4v) is 4.38. The smallest absolute Gasteiger partial charge is 0.340 e. The van der Waals surface area contributed by atoms with E-state index in [1.54, 1.807) is 30.5 Å². The zero-order chi connectivity index (χ0) is 20.9. The average molecular weight is 439 g/mol. The number of amides is 1. The number of rotatable bonds is 7. The second-order valence-electron chi connectivity index (χ2n) is 6.35. The third-order valence-corrected chi connectivity index (χ3v) is 6.26. The summed E-state index contributed by atoms with van der Waals surface area (Å²) in [6.07, 6.45) is 3.49. The Morgan fingerprint density at radius 1 is 1.17 bits per heavy atom. The summed E-state index contributed by atoms with van der Waals surface area (Å²) in [5.74, 6) is -0.559. The summed E-state index contributed by atoms with van der Waals surface area (Å²) in [6.45, 7) is 0.0788. The van der Waals surface area contributed by atoms with Crippen LogP contribution in [0.4, 0.5) is 5.69 Å². The van der Waals surface area contributed by atoms with E-state index >= 15 is 0 Å². The molecule has 1 N–H and O–H groups in total. The predicted molar refractivity (Wildman–Crippen MR) is 118 cm³/mol. The van der Waals surface area contributed by atoms with E-state index in [1.807, 2.05) is 42.1 Å². The van der Waals surface area contributed by atoms with Gasteiger partial charge in [-0.05, 0) is 24.3 Å². The normalized spacial score (nSPS) is 10.8. The first-order chi connectivity index (χ1) is 14.6. The fraction of sp³-hybridized carbons (Fsp3) is 0.143. The second kappa shape index (κ2) is 9.10. The maximum absolute atomic E-state index is 12.6. The quantitative estimate of drug-likeness (QED) is 0.345. The van der Waals surface area contributed by atoms with Crippen LogP contribution < -0.4 is 5.32 Å². The number of carbonyl (C=O) groups is 2. The van der Waals surface area contributed by atoms with Gasteiger partial charge in [-0.25, -0.2) is 14.8 Å². The van der Waals surface area contributed by atoms with Gasteiger partial charge in [-0.2, -0.15) is 0 Å². The summed E-state index contributed by atoms with van der Waals surface area (Å²) in [5, 5.41) is 4.25. The first-order valence-corrected chi connectivity index (χ1v) is 10.9. The number of thiazole rings is 1. The van der Waals surface area contributed by atoms with E-state index in [1.165, 1.54) is 23.1 Å². The molecule has 0 atom stereocenters. The van der Waals surface area contributed by atoms with E-state index in [-0.39, 0.29) is 18.3 Å². The summed E-state index contributed by atoms with van der Waals surface area (Å²) in [5.41, 5.74) is 1.60. The van der Waals surface area contributed by atoms with Crippen LogP contribution in [0.1, 0.15) is 15.4 Å². The van der Waals surface area contributed by atoms with Crippen LogP contribution in [0.2, 0.25) is 0 Å². The average Bonchev–Trinajstić information content (AvgIpc) is 3.36. The van der Waals surface area contributed by atoms with Crippen molar-refractivity contribution in [1.82, 2.24) is 14.5 Å². The number of nitrogens with zero attached hydrogens (tertiary/aromatic N) is 3. The fourth-order valence-electron chi connectivity index (χ4n) is 2.76. The molecule has 1 amide bonds. The summed E-state index contributed by atoms with van der Waals surface area (Å²) < 4.78 is 8.32. The van der Waals surface area contributed by atoms with Crippen molar-refractivity contribution in [3.63, 3.8) is 0 Å². The minimum atomic E-state index is -0.512. The van der Waals surface area contributed by atoms with Crippen LogP contribution in [0, 0.1) is 0 Å². The van der Waals surface area contributed by atoms with Gasteiger partial charge < -0.3 is 14.6 Å². The SMILES string of the molecule is Cn1ccnc1SCC(=O)Nc1ccccc1C(=O)OCc1nc2ccccc2s1. The molecule has 7 nitrogen and oxygen atoms in total. The molecule has 0 aliphatic heterocycles. The van der Waals surface area contributed by atoms with Crippen LogP contribution in [0.5, 0.6) is 0 Å². The van der Waals surface area contributed by atoms with Crippen molar-refractivity contribution in [2.45, 2.75) is 11.8 Å². The number of esters is 1. The number of para-hydroxylation sites is 2. The zero-order valence-corrected chi connectivity index (χ0v) is 17.7. The molecule has 0 bridgehead atoms. The van der Waals surface area contributed by atoms with Crippen molar-refractivity contribution in [2.24, 2.45) is 7.05 Å².